The van der Waals surface area contributed by atoms with Crippen LogP contribution in [0, 0.1) is 0 Å². The second-order valence-electron chi connectivity index (χ2n) is 4.83. The molecule has 0 aliphatic rings. The minimum atomic E-state index is -0.585. The minimum Gasteiger partial charge on any atom is -0.467 e. The summed E-state index contributed by atoms with van der Waals surface area (Å²) < 4.78 is 9.98. The first-order chi connectivity index (χ1) is 10.6. The lowest BCUT2D eigenvalue weighted by Gasteiger charge is -2.14. The number of nitrogens with one attached hydrogen (secondary N) is 1. The average Bonchev–Trinajstić information content (AvgIpc) is 3.05. The highest BCUT2D eigenvalue weighted by atomic mass is 35.5. The molecular weight excluding hydrogens is 306 g/mol. The predicted molar refractivity (Wildman–Crippen MR) is 83.1 cm³/mol. The van der Waals surface area contributed by atoms with Crippen LogP contribution in [0.15, 0.2) is 22.8 Å². The smallest absolute Gasteiger partial charge is 0.358 e. The van der Waals surface area contributed by atoms with Gasteiger partial charge in [-0.2, -0.15) is 0 Å². The summed E-state index contributed by atoms with van der Waals surface area (Å²) in [7, 11) is 1.29. The molecule has 2 rings (SSSR count). The number of carbonyl (C=O) groups excluding carboxylic acids is 1. The molecule has 2 aromatic rings. The summed E-state index contributed by atoms with van der Waals surface area (Å²) in [5, 5.41) is 3.21. The summed E-state index contributed by atoms with van der Waals surface area (Å²) in [5.74, 6) is 1.19. The van der Waals surface area contributed by atoms with Crippen LogP contribution in [0.2, 0.25) is 5.02 Å². The first-order valence-electron chi connectivity index (χ1n) is 6.98. The number of aromatic nitrogens is 2. The summed E-state index contributed by atoms with van der Waals surface area (Å²) in [6.45, 7) is 4.42. The standard InChI is InChI=1S/C15H18ClN3O3/c1-4-9(2)13-18-12(15(20)21-3)11(16)14(19-13)17-8-10-6-5-7-22-10/h5-7,9H,4,8H2,1-3H3,(H,17,18,19). The lowest BCUT2D eigenvalue weighted by molar-refractivity contribution is 0.0593. The molecule has 2 heterocycles. The van der Waals surface area contributed by atoms with Crippen molar-refractivity contribution in [2.75, 3.05) is 12.4 Å². The highest BCUT2D eigenvalue weighted by Gasteiger charge is 2.21. The van der Waals surface area contributed by atoms with Gasteiger partial charge in [-0.05, 0) is 18.6 Å². The SMILES string of the molecule is CCC(C)c1nc(NCc2ccco2)c(Cl)c(C(=O)OC)n1. The maximum atomic E-state index is 11.8. The van der Waals surface area contributed by atoms with E-state index in [4.69, 9.17) is 20.8 Å². The van der Waals surface area contributed by atoms with Gasteiger partial charge < -0.3 is 14.5 Å². The monoisotopic (exact) mass is 323 g/mol. The summed E-state index contributed by atoms with van der Waals surface area (Å²) in [6.07, 6.45) is 2.43. The van der Waals surface area contributed by atoms with Crippen LogP contribution in [-0.4, -0.2) is 23.0 Å². The van der Waals surface area contributed by atoms with Crippen molar-refractivity contribution < 1.29 is 13.9 Å². The van der Waals surface area contributed by atoms with Gasteiger partial charge in [-0.15, -0.1) is 0 Å². The Balaban J connectivity index is 2.35. The zero-order valence-electron chi connectivity index (χ0n) is 12.7. The number of hydrogen-bond donors (Lipinski definition) is 1. The van der Waals surface area contributed by atoms with Gasteiger partial charge in [0.2, 0.25) is 0 Å². The van der Waals surface area contributed by atoms with E-state index in [0.717, 1.165) is 12.2 Å². The lowest BCUT2D eigenvalue weighted by atomic mass is 10.1. The molecule has 1 unspecified atom stereocenters. The number of nitrogens with zero attached hydrogens (tertiary/aromatic N) is 2. The van der Waals surface area contributed by atoms with Crippen molar-refractivity contribution in [2.45, 2.75) is 32.7 Å². The second-order valence-corrected chi connectivity index (χ2v) is 5.20. The molecule has 1 atom stereocenters. The maximum Gasteiger partial charge on any atom is 0.358 e. The molecule has 1 N–H and O–H groups in total. The van der Waals surface area contributed by atoms with Crippen molar-refractivity contribution in [1.29, 1.82) is 0 Å². The molecule has 6 nitrogen and oxygen atoms in total. The van der Waals surface area contributed by atoms with Crippen LogP contribution in [0.4, 0.5) is 5.82 Å². The van der Waals surface area contributed by atoms with Gasteiger partial charge in [0.25, 0.3) is 0 Å². The third-order valence-electron chi connectivity index (χ3n) is 3.31. The molecule has 118 valence electrons. The fraction of sp³-hybridized carbons (Fsp3) is 0.400. The highest BCUT2D eigenvalue weighted by Crippen LogP contribution is 2.27. The quantitative estimate of drug-likeness (QED) is 0.818. The van der Waals surface area contributed by atoms with Gasteiger partial charge in [0.15, 0.2) is 5.69 Å². The van der Waals surface area contributed by atoms with Gasteiger partial charge in [-0.3, -0.25) is 0 Å². The van der Waals surface area contributed by atoms with Crippen molar-refractivity contribution in [3.63, 3.8) is 0 Å². The van der Waals surface area contributed by atoms with Gasteiger partial charge in [0.05, 0.1) is 19.9 Å². The zero-order valence-corrected chi connectivity index (χ0v) is 13.5. The molecule has 0 amide bonds. The fourth-order valence-corrected chi connectivity index (χ4v) is 2.03. The van der Waals surface area contributed by atoms with Crippen LogP contribution in [0.3, 0.4) is 0 Å². The number of anilines is 1. The van der Waals surface area contributed by atoms with Gasteiger partial charge in [-0.25, -0.2) is 14.8 Å². The van der Waals surface area contributed by atoms with E-state index in [0.29, 0.717) is 18.2 Å². The number of furan rings is 1. The molecule has 0 spiro atoms. The molecule has 0 aromatic carbocycles. The van der Waals surface area contributed by atoms with E-state index in [1.807, 2.05) is 19.9 Å². The van der Waals surface area contributed by atoms with E-state index < -0.39 is 5.97 Å². The number of methoxy groups -OCH3 is 1. The van der Waals surface area contributed by atoms with Crippen LogP contribution < -0.4 is 5.32 Å². The largest absolute Gasteiger partial charge is 0.467 e. The molecule has 0 saturated carbocycles. The van der Waals surface area contributed by atoms with Crippen molar-refractivity contribution >= 4 is 23.4 Å². The van der Waals surface area contributed by atoms with E-state index in [2.05, 4.69) is 15.3 Å². The summed E-state index contributed by atoms with van der Waals surface area (Å²) in [5.41, 5.74) is 0.0661. The van der Waals surface area contributed by atoms with E-state index in [1.165, 1.54) is 7.11 Å². The summed E-state index contributed by atoms with van der Waals surface area (Å²) >= 11 is 6.22. The third kappa shape index (κ3) is 3.57. The molecule has 22 heavy (non-hydrogen) atoms. The van der Waals surface area contributed by atoms with Crippen molar-refractivity contribution in [2.24, 2.45) is 0 Å². The maximum absolute atomic E-state index is 11.8. The summed E-state index contributed by atoms with van der Waals surface area (Å²) in [6, 6.07) is 3.63. The average molecular weight is 324 g/mol. The Kier molecular flexibility index (Phi) is 5.38. The fourth-order valence-electron chi connectivity index (χ4n) is 1.80. The Hall–Kier alpha value is -2.08. The predicted octanol–water partition coefficient (Wildman–Crippen LogP) is 3.64. The molecule has 0 aliphatic heterocycles. The van der Waals surface area contributed by atoms with Crippen molar-refractivity contribution in [3.05, 3.63) is 40.7 Å². The van der Waals surface area contributed by atoms with Crippen LogP contribution >= 0.6 is 11.6 Å². The molecule has 0 aliphatic carbocycles. The topological polar surface area (TPSA) is 77.2 Å². The third-order valence-corrected chi connectivity index (χ3v) is 3.67. The van der Waals surface area contributed by atoms with Crippen LogP contribution in [0.1, 0.15) is 48.3 Å². The number of carbonyl (C=O) groups is 1. The first kappa shape index (κ1) is 16.3. The Labute approximate surface area is 133 Å². The Bertz CT molecular complexity index is 644. The Morgan fingerprint density at radius 1 is 1.50 bits per heavy atom. The molecule has 2 aromatic heterocycles. The number of halogens is 1. The van der Waals surface area contributed by atoms with E-state index in [1.54, 1.807) is 12.3 Å². The highest BCUT2D eigenvalue weighted by molar-refractivity contribution is 6.35. The Morgan fingerprint density at radius 3 is 2.86 bits per heavy atom. The molecule has 0 radical (unpaired) electrons. The van der Waals surface area contributed by atoms with Gasteiger partial charge in [0, 0.05) is 5.92 Å². The minimum absolute atomic E-state index is 0.0661. The Morgan fingerprint density at radius 2 is 2.27 bits per heavy atom. The van der Waals surface area contributed by atoms with Crippen LogP contribution in [0.5, 0.6) is 0 Å². The van der Waals surface area contributed by atoms with Gasteiger partial charge >= 0.3 is 5.97 Å². The second kappa shape index (κ2) is 7.26. The lowest BCUT2D eigenvalue weighted by Crippen LogP contribution is -2.14. The first-order valence-corrected chi connectivity index (χ1v) is 7.36. The number of ether oxygens (including phenoxy) is 1. The van der Waals surface area contributed by atoms with E-state index in [9.17, 15) is 4.79 Å². The van der Waals surface area contributed by atoms with Gasteiger partial charge in [-0.1, -0.05) is 25.4 Å². The van der Waals surface area contributed by atoms with Gasteiger partial charge in [0.1, 0.15) is 22.4 Å². The van der Waals surface area contributed by atoms with Crippen molar-refractivity contribution in [3.8, 4) is 0 Å². The van der Waals surface area contributed by atoms with Crippen molar-refractivity contribution in [1.82, 2.24) is 9.97 Å². The number of hydrogen-bond acceptors (Lipinski definition) is 6. The molecular formula is C15H18ClN3O3. The molecule has 0 saturated heterocycles. The van der Waals surface area contributed by atoms with E-state index >= 15 is 0 Å². The summed E-state index contributed by atoms with van der Waals surface area (Å²) in [4.78, 5) is 20.5. The normalized spacial score (nSPS) is 12.0. The zero-order chi connectivity index (χ0) is 16.1. The number of rotatable bonds is 6. The number of esters is 1. The van der Waals surface area contributed by atoms with E-state index in [-0.39, 0.29) is 16.6 Å². The molecule has 0 bridgehead atoms. The molecule has 7 heteroatoms. The molecule has 0 fully saturated rings. The van der Waals surface area contributed by atoms with Crippen LogP contribution in [-0.2, 0) is 11.3 Å². The van der Waals surface area contributed by atoms with Crippen LogP contribution in [0.25, 0.3) is 0 Å².